The summed E-state index contributed by atoms with van der Waals surface area (Å²) in [5.74, 6) is -0.116. The Morgan fingerprint density at radius 3 is 2.82 bits per heavy atom. The molecule has 1 rings (SSSR count). The van der Waals surface area contributed by atoms with Gasteiger partial charge in [-0.05, 0) is 31.0 Å². The van der Waals surface area contributed by atoms with E-state index >= 15 is 0 Å². The van der Waals surface area contributed by atoms with Crippen LogP contribution < -0.4 is 11.1 Å². The molecule has 3 N–H and O–H groups in total. The number of halogens is 1. The van der Waals surface area contributed by atoms with Crippen molar-refractivity contribution in [1.82, 2.24) is 0 Å². The third kappa shape index (κ3) is 4.48. The van der Waals surface area contributed by atoms with Gasteiger partial charge >= 0.3 is 0 Å². The molecule has 0 unspecified atom stereocenters. The molecule has 0 bridgehead atoms. The smallest absolute Gasteiger partial charge is 0.241 e. The van der Waals surface area contributed by atoms with Gasteiger partial charge in [0.05, 0.1) is 6.04 Å². The third-order valence-corrected chi connectivity index (χ3v) is 3.50. The fraction of sp³-hybridized carbons (Fsp3) is 0.462. The summed E-state index contributed by atoms with van der Waals surface area (Å²) in [7, 11) is 0. The summed E-state index contributed by atoms with van der Waals surface area (Å²) in [6, 6.07) is 5.30. The predicted molar refractivity (Wildman–Crippen MR) is 75.0 cm³/mol. The van der Waals surface area contributed by atoms with Gasteiger partial charge < -0.3 is 11.1 Å². The first-order valence-electron chi connectivity index (χ1n) is 5.87. The lowest BCUT2D eigenvalue weighted by molar-refractivity contribution is -0.117. The molecule has 3 nitrogen and oxygen atoms in total. The normalized spacial score (nSPS) is 12.2. The average Bonchev–Trinajstić information content (AvgIpc) is 2.30. The van der Waals surface area contributed by atoms with Crippen molar-refractivity contribution >= 4 is 27.5 Å². The number of rotatable bonds is 5. The monoisotopic (exact) mass is 298 g/mol. The molecule has 0 spiro atoms. The molecule has 17 heavy (non-hydrogen) atoms. The fourth-order valence-corrected chi connectivity index (χ4v) is 1.84. The van der Waals surface area contributed by atoms with Crippen molar-refractivity contribution in [2.45, 2.75) is 39.2 Å². The lowest BCUT2D eigenvalue weighted by Gasteiger charge is -2.12. The van der Waals surface area contributed by atoms with E-state index in [2.05, 4.69) is 28.2 Å². The highest BCUT2D eigenvalue weighted by atomic mass is 79.9. The Kier molecular flexibility index (Phi) is 5.65. The van der Waals surface area contributed by atoms with Crippen LogP contribution in [0.2, 0.25) is 0 Å². The molecule has 0 aromatic heterocycles. The van der Waals surface area contributed by atoms with Crippen LogP contribution >= 0.6 is 15.9 Å². The SMILES string of the molecule is CCCC[C@H](N)C(=O)Nc1ccc(C)c(Br)c1. The van der Waals surface area contributed by atoms with Gasteiger partial charge in [-0.2, -0.15) is 0 Å². The third-order valence-electron chi connectivity index (χ3n) is 2.64. The summed E-state index contributed by atoms with van der Waals surface area (Å²) in [5, 5.41) is 2.82. The van der Waals surface area contributed by atoms with E-state index in [9.17, 15) is 4.79 Å². The van der Waals surface area contributed by atoms with Crippen LogP contribution in [0.4, 0.5) is 5.69 Å². The van der Waals surface area contributed by atoms with Gasteiger partial charge in [0, 0.05) is 10.2 Å². The Morgan fingerprint density at radius 1 is 1.53 bits per heavy atom. The van der Waals surface area contributed by atoms with E-state index in [0.29, 0.717) is 0 Å². The number of aryl methyl sites for hydroxylation is 1. The van der Waals surface area contributed by atoms with Crippen molar-refractivity contribution in [2.24, 2.45) is 5.73 Å². The second-order valence-electron chi connectivity index (χ2n) is 4.20. The molecule has 0 heterocycles. The summed E-state index contributed by atoms with van der Waals surface area (Å²) in [6.07, 6.45) is 2.76. The largest absolute Gasteiger partial charge is 0.325 e. The zero-order valence-electron chi connectivity index (χ0n) is 10.3. The fourth-order valence-electron chi connectivity index (χ4n) is 1.46. The first-order valence-corrected chi connectivity index (χ1v) is 6.66. The van der Waals surface area contributed by atoms with Gasteiger partial charge in [-0.25, -0.2) is 0 Å². The van der Waals surface area contributed by atoms with E-state index < -0.39 is 6.04 Å². The van der Waals surface area contributed by atoms with Gasteiger partial charge in [-0.1, -0.05) is 41.8 Å². The molecule has 1 amide bonds. The number of benzene rings is 1. The first kappa shape index (κ1) is 14.2. The Labute approximate surface area is 111 Å². The van der Waals surface area contributed by atoms with E-state index in [4.69, 9.17) is 5.73 Å². The number of nitrogens with one attached hydrogen (secondary N) is 1. The van der Waals surface area contributed by atoms with Crippen LogP contribution in [0.1, 0.15) is 31.7 Å². The number of amides is 1. The molecule has 0 saturated heterocycles. The minimum absolute atomic E-state index is 0.116. The van der Waals surface area contributed by atoms with Crippen LogP contribution in [0.25, 0.3) is 0 Å². The molecule has 0 aliphatic carbocycles. The number of hydrogen-bond acceptors (Lipinski definition) is 2. The van der Waals surface area contributed by atoms with E-state index in [-0.39, 0.29) is 5.91 Å². The van der Waals surface area contributed by atoms with Gasteiger partial charge in [-0.15, -0.1) is 0 Å². The molecule has 1 atom stereocenters. The van der Waals surface area contributed by atoms with Crippen molar-refractivity contribution in [3.63, 3.8) is 0 Å². The highest BCUT2D eigenvalue weighted by Crippen LogP contribution is 2.20. The molecular weight excluding hydrogens is 280 g/mol. The van der Waals surface area contributed by atoms with E-state index in [1.807, 2.05) is 25.1 Å². The molecule has 0 fully saturated rings. The maximum absolute atomic E-state index is 11.8. The molecule has 0 aliphatic rings. The topological polar surface area (TPSA) is 55.1 Å². The van der Waals surface area contributed by atoms with Crippen LogP contribution in [-0.4, -0.2) is 11.9 Å². The number of nitrogens with two attached hydrogens (primary N) is 1. The lowest BCUT2D eigenvalue weighted by Crippen LogP contribution is -2.35. The average molecular weight is 299 g/mol. The van der Waals surface area contributed by atoms with E-state index in [0.717, 1.165) is 35.0 Å². The summed E-state index contributed by atoms with van der Waals surface area (Å²) >= 11 is 3.43. The second kappa shape index (κ2) is 6.77. The molecule has 0 radical (unpaired) electrons. The Morgan fingerprint density at radius 2 is 2.24 bits per heavy atom. The Bertz CT molecular complexity index is 393. The number of anilines is 1. The predicted octanol–water partition coefficient (Wildman–Crippen LogP) is 3.21. The van der Waals surface area contributed by atoms with Crippen LogP contribution in [0, 0.1) is 6.92 Å². The first-order chi connectivity index (χ1) is 8.04. The second-order valence-corrected chi connectivity index (χ2v) is 5.06. The minimum atomic E-state index is -0.421. The van der Waals surface area contributed by atoms with Gasteiger partial charge in [0.15, 0.2) is 0 Å². The number of hydrogen-bond donors (Lipinski definition) is 2. The molecule has 0 aliphatic heterocycles. The lowest BCUT2D eigenvalue weighted by atomic mass is 10.1. The molecule has 1 aromatic rings. The van der Waals surface area contributed by atoms with Crippen molar-refractivity contribution < 1.29 is 4.79 Å². The van der Waals surface area contributed by atoms with Crippen molar-refractivity contribution in [3.05, 3.63) is 28.2 Å². The van der Waals surface area contributed by atoms with Gasteiger partial charge in [0.2, 0.25) is 5.91 Å². The van der Waals surface area contributed by atoms with Crippen molar-refractivity contribution in [2.75, 3.05) is 5.32 Å². The number of carbonyl (C=O) groups excluding carboxylic acids is 1. The van der Waals surface area contributed by atoms with Gasteiger partial charge in [0.1, 0.15) is 0 Å². The van der Waals surface area contributed by atoms with Crippen LogP contribution in [0.3, 0.4) is 0 Å². The minimum Gasteiger partial charge on any atom is -0.325 e. The molecule has 1 aromatic carbocycles. The quantitative estimate of drug-likeness (QED) is 0.877. The van der Waals surface area contributed by atoms with Crippen LogP contribution in [-0.2, 0) is 4.79 Å². The van der Waals surface area contributed by atoms with Crippen LogP contribution in [0.15, 0.2) is 22.7 Å². The Hall–Kier alpha value is -0.870. The maximum Gasteiger partial charge on any atom is 0.241 e. The molecule has 4 heteroatoms. The van der Waals surface area contributed by atoms with E-state index in [1.165, 1.54) is 0 Å². The van der Waals surface area contributed by atoms with Gasteiger partial charge in [0.25, 0.3) is 0 Å². The summed E-state index contributed by atoms with van der Waals surface area (Å²) < 4.78 is 0.984. The zero-order valence-corrected chi connectivity index (χ0v) is 11.9. The molecule has 0 saturated carbocycles. The number of unbranched alkanes of at least 4 members (excludes halogenated alkanes) is 1. The Balaban J connectivity index is 2.58. The number of carbonyl (C=O) groups is 1. The summed E-state index contributed by atoms with van der Waals surface area (Å²) in [5.41, 5.74) is 7.71. The highest BCUT2D eigenvalue weighted by molar-refractivity contribution is 9.10. The van der Waals surface area contributed by atoms with Crippen LogP contribution in [0.5, 0.6) is 0 Å². The van der Waals surface area contributed by atoms with Gasteiger partial charge in [-0.3, -0.25) is 4.79 Å². The van der Waals surface area contributed by atoms with Crippen molar-refractivity contribution in [3.8, 4) is 0 Å². The maximum atomic E-state index is 11.8. The summed E-state index contributed by atoms with van der Waals surface area (Å²) in [6.45, 7) is 4.09. The standard InChI is InChI=1S/C13H19BrN2O/c1-3-4-5-12(15)13(17)16-10-7-6-9(2)11(14)8-10/h6-8,12H,3-5,15H2,1-2H3,(H,16,17)/t12-/m0/s1. The highest BCUT2D eigenvalue weighted by Gasteiger charge is 2.12. The molecule has 94 valence electrons. The molecular formula is C13H19BrN2O. The van der Waals surface area contributed by atoms with Crippen molar-refractivity contribution in [1.29, 1.82) is 0 Å². The van der Waals surface area contributed by atoms with E-state index in [1.54, 1.807) is 0 Å². The zero-order chi connectivity index (χ0) is 12.8. The summed E-state index contributed by atoms with van der Waals surface area (Å²) in [4.78, 5) is 11.8.